The highest BCUT2D eigenvalue weighted by atomic mass is 16.6. The van der Waals surface area contributed by atoms with E-state index in [4.69, 9.17) is 18.9 Å². The number of amides is 2. The molecule has 0 radical (unpaired) electrons. The van der Waals surface area contributed by atoms with Gasteiger partial charge in [-0.3, -0.25) is 19.4 Å². The Kier molecular flexibility index (Phi) is 6.93. The Morgan fingerprint density at radius 1 is 0.556 bits per heavy atom. The van der Waals surface area contributed by atoms with Gasteiger partial charge in [-0.15, -0.1) is 0 Å². The zero-order valence-corrected chi connectivity index (χ0v) is 31.1. The van der Waals surface area contributed by atoms with Crippen molar-refractivity contribution >= 4 is 35.5 Å². The Labute approximate surface area is 313 Å². The van der Waals surface area contributed by atoms with Gasteiger partial charge in [0.1, 0.15) is 35.2 Å². The third-order valence-corrected chi connectivity index (χ3v) is 11.9. The van der Waals surface area contributed by atoms with E-state index in [0.29, 0.717) is 0 Å². The first-order valence-corrected chi connectivity index (χ1v) is 18.4. The number of para-hydroxylation sites is 2. The molecule has 2 aliphatic carbocycles. The zero-order valence-electron chi connectivity index (χ0n) is 31.1. The SMILES string of the molecule is CC(C)(C)OC(=O)N1c2ccccc2[C@@]23COC(=O)[C@]2(c2ccccc2)[C@@H]13.CC(C)(C)OC(=O)N1c2ccccc2[C@@]23COC(=O)[C@]2(c2ccccc2)[C@@H]13. The van der Waals surface area contributed by atoms with Crippen molar-refractivity contribution in [3.05, 3.63) is 131 Å². The Hall–Kier alpha value is -5.64. The first-order valence-electron chi connectivity index (χ1n) is 18.4. The number of fused-ring (bicyclic) bond motifs is 4. The molecule has 10 rings (SSSR count). The van der Waals surface area contributed by atoms with Crippen LogP contribution in [-0.2, 0) is 50.2 Å². The molecule has 276 valence electrons. The summed E-state index contributed by atoms with van der Waals surface area (Å²) in [7, 11) is 0. The minimum Gasteiger partial charge on any atom is -0.464 e. The molecule has 0 aromatic heterocycles. The van der Waals surface area contributed by atoms with Crippen molar-refractivity contribution in [1.82, 2.24) is 0 Å². The number of nitrogens with zero attached hydrogens (tertiary/aromatic N) is 2. The van der Waals surface area contributed by atoms with Crippen LogP contribution in [0.25, 0.3) is 0 Å². The number of carbonyl (C=O) groups is 4. The summed E-state index contributed by atoms with van der Waals surface area (Å²) in [6.45, 7) is 11.6. The van der Waals surface area contributed by atoms with Crippen molar-refractivity contribution in [2.24, 2.45) is 0 Å². The molecule has 6 aliphatic rings. The minimum absolute atomic E-state index is 0.262. The summed E-state index contributed by atoms with van der Waals surface area (Å²) < 4.78 is 22.5. The van der Waals surface area contributed by atoms with Gasteiger partial charge in [0, 0.05) is 0 Å². The molecule has 10 nitrogen and oxygen atoms in total. The molecule has 2 spiro atoms. The first kappa shape index (κ1) is 34.1. The van der Waals surface area contributed by atoms with Crippen LogP contribution >= 0.6 is 0 Å². The fourth-order valence-corrected chi connectivity index (χ4v) is 10.2. The van der Waals surface area contributed by atoms with E-state index in [0.717, 1.165) is 33.6 Å². The Morgan fingerprint density at radius 3 is 1.24 bits per heavy atom. The maximum Gasteiger partial charge on any atom is 0.415 e. The summed E-state index contributed by atoms with van der Waals surface area (Å²) in [5, 5.41) is 0. The van der Waals surface area contributed by atoms with Gasteiger partial charge >= 0.3 is 24.1 Å². The molecule has 4 aromatic rings. The smallest absolute Gasteiger partial charge is 0.415 e. The van der Waals surface area contributed by atoms with E-state index in [2.05, 4.69) is 0 Å². The monoisotopic (exact) mass is 726 g/mol. The molecule has 54 heavy (non-hydrogen) atoms. The molecule has 4 aromatic carbocycles. The standard InChI is InChI=1S/2C22H21NO4/c2*1-20(2,3)27-19(25)23-16-12-8-7-11-15(16)21-13-26-18(24)22(21,17(21)23)14-9-5-4-6-10-14/h2*4-12,17H,13H2,1-3H3/t2*17-,21+,22-/m00/s1. The number of hydrogen-bond acceptors (Lipinski definition) is 8. The highest BCUT2D eigenvalue weighted by Crippen LogP contribution is 2.77. The van der Waals surface area contributed by atoms with Crippen LogP contribution in [0.3, 0.4) is 0 Å². The van der Waals surface area contributed by atoms with E-state index in [1.165, 1.54) is 0 Å². The van der Waals surface area contributed by atoms with E-state index in [1.807, 2.05) is 151 Å². The highest BCUT2D eigenvalue weighted by molar-refractivity contribution is 6.08. The van der Waals surface area contributed by atoms with Gasteiger partial charge in [-0.05, 0) is 75.9 Å². The average molecular weight is 727 g/mol. The van der Waals surface area contributed by atoms with Gasteiger partial charge in [0.2, 0.25) is 0 Å². The van der Waals surface area contributed by atoms with Crippen LogP contribution in [0.15, 0.2) is 109 Å². The van der Waals surface area contributed by atoms with E-state index >= 15 is 0 Å². The molecule has 4 fully saturated rings. The second kappa shape index (κ2) is 11.0. The van der Waals surface area contributed by atoms with Gasteiger partial charge in [-0.2, -0.15) is 0 Å². The Bertz CT molecular complexity index is 2090. The highest BCUT2D eigenvalue weighted by Gasteiger charge is 2.93. The normalized spacial score (nSPS) is 30.3. The number of carbonyl (C=O) groups excluding carboxylic acids is 4. The van der Waals surface area contributed by atoms with Crippen LogP contribution < -0.4 is 9.80 Å². The van der Waals surface area contributed by atoms with Crippen molar-refractivity contribution in [2.45, 2.75) is 86.5 Å². The van der Waals surface area contributed by atoms with Gasteiger partial charge in [-0.1, -0.05) is 97.1 Å². The third-order valence-electron chi connectivity index (χ3n) is 11.9. The van der Waals surface area contributed by atoms with Crippen molar-refractivity contribution in [2.75, 3.05) is 23.0 Å². The summed E-state index contributed by atoms with van der Waals surface area (Å²) >= 11 is 0. The van der Waals surface area contributed by atoms with Gasteiger partial charge in [0.05, 0.1) is 34.3 Å². The fourth-order valence-electron chi connectivity index (χ4n) is 10.2. The summed E-state index contributed by atoms with van der Waals surface area (Å²) in [4.78, 5) is 55.6. The van der Waals surface area contributed by atoms with Crippen LogP contribution in [0.2, 0.25) is 0 Å². The van der Waals surface area contributed by atoms with Crippen LogP contribution in [0.1, 0.15) is 63.8 Å². The molecule has 2 saturated carbocycles. The Morgan fingerprint density at radius 2 is 0.889 bits per heavy atom. The number of esters is 2. The number of rotatable bonds is 2. The van der Waals surface area contributed by atoms with E-state index < -0.39 is 45.0 Å². The molecule has 10 heteroatoms. The van der Waals surface area contributed by atoms with E-state index in [-0.39, 0.29) is 37.2 Å². The van der Waals surface area contributed by atoms with Crippen LogP contribution in [-0.4, -0.2) is 60.6 Å². The van der Waals surface area contributed by atoms with Crippen molar-refractivity contribution < 1.29 is 38.1 Å². The summed E-state index contributed by atoms with van der Waals surface area (Å²) in [5.41, 5.74) is 1.31. The Balaban J connectivity index is 0.000000142. The van der Waals surface area contributed by atoms with Crippen molar-refractivity contribution in [3.63, 3.8) is 0 Å². The number of ether oxygens (including phenoxy) is 4. The average Bonchev–Trinajstić information content (AvgIpc) is 3.60. The topological polar surface area (TPSA) is 112 Å². The predicted molar refractivity (Wildman–Crippen MR) is 199 cm³/mol. The second-order valence-corrected chi connectivity index (χ2v) is 17.0. The zero-order chi connectivity index (χ0) is 38.1. The number of anilines is 2. The van der Waals surface area contributed by atoms with Gasteiger partial charge in [0.25, 0.3) is 0 Å². The predicted octanol–water partition coefficient (Wildman–Crippen LogP) is 7.11. The molecular formula is C44H42N2O8. The second-order valence-electron chi connectivity index (χ2n) is 17.0. The number of benzene rings is 4. The third kappa shape index (κ3) is 4.11. The molecule has 0 bridgehead atoms. The summed E-state index contributed by atoms with van der Waals surface area (Å²) in [5.74, 6) is -0.525. The van der Waals surface area contributed by atoms with Gasteiger partial charge in [0.15, 0.2) is 0 Å². The van der Waals surface area contributed by atoms with Crippen LogP contribution in [0, 0.1) is 0 Å². The lowest BCUT2D eigenvalue weighted by molar-refractivity contribution is -0.143. The largest absolute Gasteiger partial charge is 0.464 e. The molecular weight excluding hydrogens is 684 g/mol. The molecule has 4 aliphatic heterocycles. The van der Waals surface area contributed by atoms with Gasteiger partial charge < -0.3 is 18.9 Å². The number of hydrogen-bond donors (Lipinski definition) is 0. The molecule has 2 amide bonds. The lowest BCUT2D eigenvalue weighted by atomic mass is 9.82. The maximum atomic E-state index is 13.1. The van der Waals surface area contributed by atoms with Crippen molar-refractivity contribution in [3.8, 4) is 0 Å². The lowest BCUT2D eigenvalue weighted by Crippen LogP contribution is -2.43. The van der Waals surface area contributed by atoms with Crippen LogP contribution in [0.4, 0.5) is 21.0 Å². The molecule has 0 unspecified atom stereocenters. The molecule has 4 heterocycles. The van der Waals surface area contributed by atoms with Gasteiger partial charge in [-0.25, -0.2) is 9.59 Å². The molecule has 2 saturated heterocycles. The maximum absolute atomic E-state index is 13.1. The van der Waals surface area contributed by atoms with Crippen molar-refractivity contribution in [1.29, 1.82) is 0 Å². The molecule has 6 atom stereocenters. The van der Waals surface area contributed by atoms with E-state index in [1.54, 1.807) is 9.80 Å². The summed E-state index contributed by atoms with van der Waals surface area (Å²) in [6.07, 6.45) is -0.844. The minimum atomic E-state index is -0.862. The van der Waals surface area contributed by atoms with Crippen LogP contribution in [0.5, 0.6) is 0 Å². The first-order chi connectivity index (χ1) is 25.7. The molecule has 0 N–H and O–H groups in total. The summed E-state index contributed by atoms with van der Waals surface area (Å²) in [6, 6.07) is 34.2. The number of cyclic esters (lactones) is 2. The quantitative estimate of drug-likeness (QED) is 0.159. The lowest BCUT2D eigenvalue weighted by Gasteiger charge is -2.29. The fraction of sp³-hybridized carbons (Fsp3) is 0.364. The van der Waals surface area contributed by atoms with E-state index in [9.17, 15) is 19.2 Å².